The molecule has 0 spiro atoms. The molecule has 0 bridgehead atoms. The number of carbonyl (C=O) groups excluding carboxylic acids is 1. The zero-order valence-electron chi connectivity index (χ0n) is 11.3. The maximum Gasteiger partial charge on any atom is 0.303 e. The van der Waals surface area contributed by atoms with Crippen LogP contribution < -0.4 is 10.6 Å². The number of nitrogens with zero attached hydrogens (tertiary/aromatic N) is 2. The van der Waals surface area contributed by atoms with Gasteiger partial charge in [-0.25, -0.2) is 4.98 Å². The van der Waals surface area contributed by atoms with Crippen LogP contribution in [-0.2, 0) is 4.79 Å². The molecule has 2 heterocycles. The van der Waals surface area contributed by atoms with Gasteiger partial charge in [0, 0.05) is 25.2 Å². The maximum absolute atomic E-state index is 11.5. The summed E-state index contributed by atoms with van der Waals surface area (Å²) < 4.78 is 0. The van der Waals surface area contributed by atoms with E-state index in [1.165, 1.54) is 0 Å². The van der Waals surface area contributed by atoms with Crippen LogP contribution in [0, 0.1) is 0 Å². The van der Waals surface area contributed by atoms with Crippen LogP contribution >= 0.6 is 0 Å². The molecule has 1 aromatic rings. The van der Waals surface area contributed by atoms with E-state index in [0.717, 1.165) is 25.8 Å². The van der Waals surface area contributed by atoms with Gasteiger partial charge < -0.3 is 15.7 Å². The second-order valence-electron chi connectivity index (χ2n) is 5.01. The van der Waals surface area contributed by atoms with Crippen LogP contribution in [0.15, 0.2) is 18.3 Å². The first-order chi connectivity index (χ1) is 9.59. The molecule has 1 aromatic heterocycles. The van der Waals surface area contributed by atoms with E-state index in [4.69, 9.17) is 10.8 Å². The third-order valence-corrected chi connectivity index (χ3v) is 3.64. The summed E-state index contributed by atoms with van der Waals surface area (Å²) in [7, 11) is 0. The van der Waals surface area contributed by atoms with Gasteiger partial charge in [-0.1, -0.05) is 0 Å². The highest BCUT2D eigenvalue weighted by atomic mass is 16.4. The predicted molar refractivity (Wildman–Crippen MR) is 74.6 cm³/mol. The molecule has 1 amide bonds. The number of hydrogen-bond donors (Lipinski definition) is 2. The van der Waals surface area contributed by atoms with E-state index in [9.17, 15) is 9.59 Å². The van der Waals surface area contributed by atoms with Gasteiger partial charge in [-0.15, -0.1) is 0 Å². The summed E-state index contributed by atoms with van der Waals surface area (Å²) in [6.07, 6.45) is 5.31. The standard InChI is InChI=1S/C14H19N3O3/c15-13(20)11-5-3-8-16-14(11)17-9-2-1-4-10(17)6-7-12(18)19/h3,5,8,10H,1-2,4,6-7,9H2,(H2,15,20)(H,18,19). The van der Waals surface area contributed by atoms with Crippen molar-refractivity contribution >= 4 is 17.7 Å². The van der Waals surface area contributed by atoms with Crippen LogP contribution in [0.2, 0.25) is 0 Å². The molecule has 6 heteroatoms. The number of aromatic nitrogens is 1. The van der Waals surface area contributed by atoms with Gasteiger partial charge in [0.15, 0.2) is 0 Å². The first-order valence-electron chi connectivity index (χ1n) is 6.83. The van der Waals surface area contributed by atoms with Gasteiger partial charge in [-0.2, -0.15) is 0 Å². The number of carbonyl (C=O) groups is 2. The van der Waals surface area contributed by atoms with E-state index in [-0.39, 0.29) is 12.5 Å². The summed E-state index contributed by atoms with van der Waals surface area (Å²) in [5, 5.41) is 8.84. The zero-order chi connectivity index (χ0) is 14.5. The fraction of sp³-hybridized carbons (Fsp3) is 0.500. The third-order valence-electron chi connectivity index (χ3n) is 3.64. The van der Waals surface area contributed by atoms with Gasteiger partial charge in [0.1, 0.15) is 5.82 Å². The van der Waals surface area contributed by atoms with Gasteiger partial charge in [0.2, 0.25) is 0 Å². The molecule has 108 valence electrons. The zero-order valence-corrected chi connectivity index (χ0v) is 11.3. The number of carboxylic acid groups (broad SMARTS) is 1. The fourth-order valence-corrected chi connectivity index (χ4v) is 2.69. The molecule has 0 aromatic carbocycles. The lowest BCUT2D eigenvalue weighted by atomic mass is 9.97. The Hall–Kier alpha value is -2.11. The van der Waals surface area contributed by atoms with E-state index in [2.05, 4.69) is 4.98 Å². The molecule has 20 heavy (non-hydrogen) atoms. The van der Waals surface area contributed by atoms with Crippen molar-refractivity contribution in [3.05, 3.63) is 23.9 Å². The van der Waals surface area contributed by atoms with Crippen molar-refractivity contribution in [2.75, 3.05) is 11.4 Å². The predicted octanol–water partition coefficient (Wildman–Crippen LogP) is 1.40. The second-order valence-corrected chi connectivity index (χ2v) is 5.01. The molecule has 6 nitrogen and oxygen atoms in total. The Morgan fingerprint density at radius 1 is 1.45 bits per heavy atom. The van der Waals surface area contributed by atoms with Crippen molar-refractivity contribution in [2.24, 2.45) is 5.73 Å². The molecule has 2 rings (SSSR count). The van der Waals surface area contributed by atoms with E-state index in [1.807, 2.05) is 4.90 Å². The minimum Gasteiger partial charge on any atom is -0.481 e. The van der Waals surface area contributed by atoms with Gasteiger partial charge in [-0.3, -0.25) is 9.59 Å². The van der Waals surface area contributed by atoms with Crippen molar-refractivity contribution in [3.8, 4) is 0 Å². The smallest absolute Gasteiger partial charge is 0.303 e. The molecule has 0 aliphatic carbocycles. The average molecular weight is 277 g/mol. The van der Waals surface area contributed by atoms with Gasteiger partial charge in [0.25, 0.3) is 5.91 Å². The Kier molecular flexibility index (Phi) is 4.55. The number of primary amides is 1. The molecule has 1 unspecified atom stereocenters. The van der Waals surface area contributed by atoms with Crippen LogP contribution in [0.25, 0.3) is 0 Å². The molecular weight excluding hydrogens is 258 g/mol. The minimum atomic E-state index is -0.799. The van der Waals surface area contributed by atoms with Gasteiger partial charge in [-0.05, 0) is 37.8 Å². The Balaban J connectivity index is 2.23. The highest BCUT2D eigenvalue weighted by Gasteiger charge is 2.26. The summed E-state index contributed by atoms with van der Waals surface area (Å²) in [5.41, 5.74) is 5.79. The highest BCUT2D eigenvalue weighted by Crippen LogP contribution is 2.28. The maximum atomic E-state index is 11.5. The Morgan fingerprint density at radius 3 is 2.95 bits per heavy atom. The molecule has 1 saturated heterocycles. The number of hydrogen-bond acceptors (Lipinski definition) is 4. The van der Waals surface area contributed by atoms with Crippen molar-refractivity contribution in [3.63, 3.8) is 0 Å². The number of nitrogens with two attached hydrogens (primary N) is 1. The largest absolute Gasteiger partial charge is 0.481 e. The van der Waals surface area contributed by atoms with E-state index in [1.54, 1.807) is 18.3 Å². The number of piperidine rings is 1. The molecule has 1 aliphatic heterocycles. The van der Waals surface area contributed by atoms with Crippen LogP contribution in [-0.4, -0.2) is 34.6 Å². The summed E-state index contributed by atoms with van der Waals surface area (Å²) in [6, 6.07) is 3.45. The number of carboxylic acids is 1. The molecule has 3 N–H and O–H groups in total. The molecule has 0 radical (unpaired) electrons. The summed E-state index contributed by atoms with van der Waals surface area (Å²) in [4.78, 5) is 28.6. The molecule has 1 fully saturated rings. The summed E-state index contributed by atoms with van der Waals surface area (Å²) >= 11 is 0. The minimum absolute atomic E-state index is 0.104. The molecule has 1 atom stereocenters. The molecular formula is C14H19N3O3. The first-order valence-corrected chi connectivity index (χ1v) is 6.83. The Morgan fingerprint density at radius 2 is 2.25 bits per heavy atom. The lowest BCUT2D eigenvalue weighted by Crippen LogP contribution is -2.41. The van der Waals surface area contributed by atoms with Crippen molar-refractivity contribution in [1.82, 2.24) is 4.98 Å². The van der Waals surface area contributed by atoms with Crippen molar-refractivity contribution < 1.29 is 14.7 Å². The van der Waals surface area contributed by atoms with E-state index < -0.39 is 11.9 Å². The van der Waals surface area contributed by atoms with E-state index >= 15 is 0 Å². The number of amides is 1. The van der Waals surface area contributed by atoms with Gasteiger partial charge in [0.05, 0.1) is 5.56 Å². The normalized spacial score (nSPS) is 18.8. The topological polar surface area (TPSA) is 96.5 Å². The number of rotatable bonds is 5. The van der Waals surface area contributed by atoms with Crippen LogP contribution in [0.1, 0.15) is 42.5 Å². The summed E-state index contributed by atoms with van der Waals surface area (Å²) in [5.74, 6) is -0.725. The fourth-order valence-electron chi connectivity index (χ4n) is 2.69. The summed E-state index contributed by atoms with van der Waals surface area (Å²) in [6.45, 7) is 0.779. The van der Waals surface area contributed by atoms with E-state index in [0.29, 0.717) is 17.8 Å². The van der Waals surface area contributed by atoms with Crippen LogP contribution in [0.5, 0.6) is 0 Å². The second kappa shape index (κ2) is 6.36. The SMILES string of the molecule is NC(=O)c1cccnc1N1CCCCC1CCC(=O)O. The first kappa shape index (κ1) is 14.3. The monoisotopic (exact) mass is 277 g/mol. The van der Waals surface area contributed by atoms with Gasteiger partial charge >= 0.3 is 5.97 Å². The quantitative estimate of drug-likeness (QED) is 0.848. The number of anilines is 1. The lowest BCUT2D eigenvalue weighted by Gasteiger charge is -2.37. The van der Waals surface area contributed by atoms with Crippen LogP contribution in [0.3, 0.4) is 0 Å². The third kappa shape index (κ3) is 3.26. The lowest BCUT2D eigenvalue weighted by molar-refractivity contribution is -0.137. The highest BCUT2D eigenvalue weighted by molar-refractivity contribution is 5.97. The molecule has 0 saturated carbocycles. The van der Waals surface area contributed by atoms with Crippen molar-refractivity contribution in [1.29, 1.82) is 0 Å². The average Bonchev–Trinajstić information content (AvgIpc) is 2.45. The number of pyridine rings is 1. The Bertz CT molecular complexity index is 504. The molecule has 1 aliphatic rings. The van der Waals surface area contributed by atoms with Crippen LogP contribution in [0.4, 0.5) is 5.82 Å². The number of aliphatic carboxylic acids is 1. The Labute approximate surface area is 117 Å². The van der Waals surface area contributed by atoms with Crippen molar-refractivity contribution in [2.45, 2.75) is 38.1 Å².